The first-order chi connectivity index (χ1) is 12.1. The Morgan fingerprint density at radius 2 is 1.73 bits per heavy atom. The van der Waals surface area contributed by atoms with E-state index in [2.05, 4.69) is 34.7 Å². The van der Waals surface area contributed by atoms with Crippen molar-refractivity contribution in [3.8, 4) is 5.75 Å². The molecule has 148 valence electrons. The van der Waals surface area contributed by atoms with E-state index in [1.165, 1.54) is 5.56 Å². The van der Waals surface area contributed by atoms with Crippen molar-refractivity contribution >= 4 is 15.8 Å². The fraction of sp³-hybridized carbons (Fsp3) is 0.632. The molecule has 0 saturated heterocycles. The summed E-state index contributed by atoms with van der Waals surface area (Å²) < 4.78 is 28.7. The lowest BCUT2D eigenvalue weighted by molar-refractivity contribution is 0.414. The summed E-state index contributed by atoms with van der Waals surface area (Å²) in [5.41, 5.74) is 1.26. The number of ether oxygens (including phenoxy) is 1. The molecule has 0 spiro atoms. The van der Waals surface area contributed by atoms with Gasteiger partial charge in [0.15, 0.2) is 15.8 Å². The summed E-state index contributed by atoms with van der Waals surface area (Å²) in [7, 11) is 0.209. The Hall–Kier alpha value is -1.76. The zero-order valence-corrected chi connectivity index (χ0v) is 17.6. The average molecular weight is 384 g/mol. The molecule has 0 heterocycles. The Bertz CT molecular complexity index is 677. The number of rotatable bonds is 8. The minimum Gasteiger partial charge on any atom is -0.497 e. The molecule has 0 aliphatic heterocycles. The van der Waals surface area contributed by atoms with E-state index in [1.54, 1.807) is 34.9 Å². The lowest BCUT2D eigenvalue weighted by Crippen LogP contribution is -2.42. The number of benzene rings is 1. The van der Waals surface area contributed by atoms with Gasteiger partial charge in [0, 0.05) is 20.1 Å². The Kier molecular flexibility index (Phi) is 8.40. The molecule has 6 nitrogen and oxygen atoms in total. The van der Waals surface area contributed by atoms with Crippen molar-refractivity contribution in [3.63, 3.8) is 0 Å². The second kappa shape index (κ2) is 9.80. The molecule has 1 rings (SSSR count). The van der Waals surface area contributed by atoms with Crippen LogP contribution in [0.25, 0.3) is 0 Å². The maximum absolute atomic E-state index is 12.1. The maximum atomic E-state index is 12.1. The topological polar surface area (TPSA) is 79.8 Å². The molecule has 1 aromatic rings. The number of methoxy groups -OCH3 is 1. The van der Waals surface area contributed by atoms with E-state index < -0.39 is 14.6 Å². The van der Waals surface area contributed by atoms with Gasteiger partial charge in [-0.1, -0.05) is 19.1 Å². The number of hydrogen-bond donors (Lipinski definition) is 2. The molecular weight excluding hydrogens is 350 g/mol. The standard InChI is InChI=1S/C19H33N3O3S/c1-15(16-7-9-17(25-6)10-8-16)11-12-21-18(20-5)22-13-14-26(23,24)19(2,3)4/h7-10,15H,11-14H2,1-6H3,(H2,20,21,22). The van der Waals surface area contributed by atoms with Crippen LogP contribution >= 0.6 is 0 Å². The van der Waals surface area contributed by atoms with Crippen LogP contribution in [-0.4, -0.2) is 52.1 Å². The van der Waals surface area contributed by atoms with Gasteiger partial charge in [-0.05, 0) is 50.8 Å². The average Bonchev–Trinajstić information content (AvgIpc) is 2.59. The van der Waals surface area contributed by atoms with Crippen LogP contribution in [0, 0.1) is 0 Å². The van der Waals surface area contributed by atoms with Gasteiger partial charge in [0.25, 0.3) is 0 Å². The molecule has 2 N–H and O–H groups in total. The number of nitrogens with zero attached hydrogens (tertiary/aromatic N) is 1. The third kappa shape index (κ3) is 6.86. The molecule has 1 aromatic carbocycles. The van der Waals surface area contributed by atoms with Crippen molar-refractivity contribution in [1.29, 1.82) is 0 Å². The highest BCUT2D eigenvalue weighted by Crippen LogP contribution is 2.21. The first-order valence-corrected chi connectivity index (χ1v) is 10.6. The van der Waals surface area contributed by atoms with E-state index in [0.29, 0.717) is 18.4 Å². The molecule has 0 radical (unpaired) electrons. The molecule has 0 fully saturated rings. The van der Waals surface area contributed by atoms with Crippen LogP contribution in [0.3, 0.4) is 0 Å². The molecule has 7 heteroatoms. The largest absolute Gasteiger partial charge is 0.497 e. The zero-order valence-electron chi connectivity index (χ0n) is 16.8. The van der Waals surface area contributed by atoms with Gasteiger partial charge < -0.3 is 15.4 Å². The van der Waals surface area contributed by atoms with Gasteiger partial charge in [-0.15, -0.1) is 0 Å². The van der Waals surface area contributed by atoms with E-state index in [4.69, 9.17) is 4.74 Å². The quantitative estimate of drug-likeness (QED) is 0.533. The van der Waals surface area contributed by atoms with Gasteiger partial charge in [0.1, 0.15) is 5.75 Å². The van der Waals surface area contributed by atoms with Crippen molar-refractivity contribution in [1.82, 2.24) is 10.6 Å². The van der Waals surface area contributed by atoms with Crippen LogP contribution in [0.5, 0.6) is 5.75 Å². The van der Waals surface area contributed by atoms with E-state index in [0.717, 1.165) is 18.7 Å². The van der Waals surface area contributed by atoms with Crippen molar-refractivity contribution in [2.45, 2.75) is 44.8 Å². The van der Waals surface area contributed by atoms with Crippen molar-refractivity contribution < 1.29 is 13.2 Å². The second-order valence-corrected chi connectivity index (χ2v) is 10.2. The summed E-state index contributed by atoms with van der Waals surface area (Å²) >= 11 is 0. The van der Waals surface area contributed by atoms with E-state index >= 15 is 0 Å². The normalized spacial score (nSPS) is 14.0. The number of aliphatic imine (C=N–C) groups is 1. The predicted molar refractivity (Wildman–Crippen MR) is 109 cm³/mol. The molecule has 0 aromatic heterocycles. The molecule has 0 bridgehead atoms. The van der Waals surface area contributed by atoms with Crippen LogP contribution in [0.2, 0.25) is 0 Å². The highest BCUT2D eigenvalue weighted by Gasteiger charge is 2.28. The summed E-state index contributed by atoms with van der Waals surface area (Å²) in [5, 5.41) is 6.31. The number of nitrogens with one attached hydrogen (secondary N) is 2. The van der Waals surface area contributed by atoms with Crippen molar-refractivity contribution in [3.05, 3.63) is 29.8 Å². The molecule has 0 saturated carbocycles. The molecule has 1 atom stereocenters. The van der Waals surface area contributed by atoms with E-state index in [-0.39, 0.29) is 5.75 Å². The minimum absolute atomic E-state index is 0.0828. The molecular formula is C19H33N3O3S. The van der Waals surface area contributed by atoms with Crippen molar-refractivity contribution in [2.75, 3.05) is 33.0 Å². The SMILES string of the molecule is CN=C(NCCC(C)c1ccc(OC)cc1)NCCS(=O)(=O)C(C)(C)C. The Balaban J connectivity index is 2.40. The fourth-order valence-electron chi connectivity index (χ4n) is 2.34. The second-order valence-electron chi connectivity index (χ2n) is 7.32. The molecule has 1 unspecified atom stereocenters. The smallest absolute Gasteiger partial charge is 0.191 e. The zero-order chi connectivity index (χ0) is 19.8. The first-order valence-electron chi connectivity index (χ1n) is 8.91. The van der Waals surface area contributed by atoms with Gasteiger partial charge in [-0.2, -0.15) is 0 Å². The number of hydrogen-bond acceptors (Lipinski definition) is 4. The van der Waals surface area contributed by atoms with Crippen LogP contribution in [0.1, 0.15) is 45.6 Å². The lowest BCUT2D eigenvalue weighted by atomic mass is 9.98. The lowest BCUT2D eigenvalue weighted by Gasteiger charge is -2.20. The Labute approximate surface area is 158 Å². The first kappa shape index (κ1) is 22.3. The predicted octanol–water partition coefficient (Wildman–Crippen LogP) is 2.57. The summed E-state index contributed by atoms with van der Waals surface area (Å²) in [4.78, 5) is 4.15. The van der Waals surface area contributed by atoms with Gasteiger partial charge in [-0.25, -0.2) is 8.42 Å². The van der Waals surface area contributed by atoms with Gasteiger partial charge in [0.2, 0.25) is 0 Å². The molecule has 26 heavy (non-hydrogen) atoms. The Morgan fingerprint density at radius 3 is 2.23 bits per heavy atom. The fourth-order valence-corrected chi connectivity index (χ4v) is 3.32. The van der Waals surface area contributed by atoms with Crippen LogP contribution in [-0.2, 0) is 9.84 Å². The third-order valence-corrected chi connectivity index (χ3v) is 6.98. The third-order valence-electron chi connectivity index (χ3n) is 4.37. The summed E-state index contributed by atoms with van der Waals surface area (Å²) in [6, 6.07) is 8.09. The monoisotopic (exact) mass is 383 g/mol. The summed E-state index contributed by atoms with van der Waals surface area (Å²) in [6.45, 7) is 8.42. The number of guanidine groups is 1. The minimum atomic E-state index is -3.13. The number of sulfone groups is 1. The van der Waals surface area contributed by atoms with Gasteiger partial charge in [-0.3, -0.25) is 4.99 Å². The maximum Gasteiger partial charge on any atom is 0.191 e. The van der Waals surface area contributed by atoms with Crippen LogP contribution < -0.4 is 15.4 Å². The Morgan fingerprint density at radius 1 is 1.15 bits per heavy atom. The molecule has 0 amide bonds. The van der Waals surface area contributed by atoms with Crippen molar-refractivity contribution in [2.24, 2.45) is 4.99 Å². The van der Waals surface area contributed by atoms with Crippen LogP contribution in [0.15, 0.2) is 29.3 Å². The van der Waals surface area contributed by atoms with E-state index in [9.17, 15) is 8.42 Å². The summed E-state index contributed by atoms with van der Waals surface area (Å²) in [6.07, 6.45) is 0.938. The van der Waals surface area contributed by atoms with Crippen LogP contribution in [0.4, 0.5) is 0 Å². The molecule has 0 aliphatic carbocycles. The van der Waals surface area contributed by atoms with Gasteiger partial charge >= 0.3 is 0 Å². The highest BCUT2D eigenvalue weighted by atomic mass is 32.2. The molecule has 0 aliphatic rings. The highest BCUT2D eigenvalue weighted by molar-refractivity contribution is 7.92. The van der Waals surface area contributed by atoms with Gasteiger partial charge in [0.05, 0.1) is 17.6 Å². The summed E-state index contributed by atoms with van der Waals surface area (Å²) in [5.74, 6) is 1.96. The van der Waals surface area contributed by atoms with E-state index in [1.807, 2.05) is 12.1 Å².